The predicted octanol–water partition coefficient (Wildman–Crippen LogP) is 3.08. The standard InChI is InChI=1S/C16H21NO3S2/c1-11-9-13(3)16(10-12(11)2)22(19,20)17-7-6-14(18)15-5-4-8-21-15/h4-5,8-10,14,17-18H,6-7H2,1-3H3/t14-/m0/s1. The van der Waals surface area contributed by atoms with Gasteiger partial charge in [-0.25, -0.2) is 13.1 Å². The van der Waals surface area contributed by atoms with E-state index in [1.165, 1.54) is 11.3 Å². The summed E-state index contributed by atoms with van der Waals surface area (Å²) in [5, 5.41) is 11.9. The molecule has 2 N–H and O–H groups in total. The lowest BCUT2D eigenvalue weighted by Crippen LogP contribution is -2.26. The number of thiophene rings is 1. The quantitative estimate of drug-likeness (QED) is 0.850. The second-order valence-electron chi connectivity index (χ2n) is 5.42. The number of benzene rings is 1. The monoisotopic (exact) mass is 339 g/mol. The summed E-state index contributed by atoms with van der Waals surface area (Å²) >= 11 is 1.46. The van der Waals surface area contributed by atoms with Crippen molar-refractivity contribution in [2.45, 2.75) is 38.2 Å². The van der Waals surface area contributed by atoms with Crippen LogP contribution in [0.1, 0.15) is 34.1 Å². The van der Waals surface area contributed by atoms with Gasteiger partial charge in [-0.1, -0.05) is 12.1 Å². The zero-order chi connectivity index (χ0) is 16.3. The van der Waals surface area contributed by atoms with Crippen molar-refractivity contribution in [2.75, 3.05) is 6.54 Å². The molecule has 0 aliphatic carbocycles. The first-order chi connectivity index (χ1) is 10.3. The van der Waals surface area contributed by atoms with Crippen LogP contribution in [0, 0.1) is 20.8 Å². The maximum atomic E-state index is 12.4. The van der Waals surface area contributed by atoms with Gasteiger partial charge in [0.25, 0.3) is 0 Å². The highest BCUT2D eigenvalue weighted by Gasteiger charge is 2.18. The Morgan fingerprint density at radius 1 is 1.18 bits per heavy atom. The number of sulfonamides is 1. The minimum atomic E-state index is -3.55. The molecule has 1 aromatic heterocycles. The second kappa shape index (κ2) is 6.91. The fourth-order valence-corrected chi connectivity index (χ4v) is 4.36. The van der Waals surface area contributed by atoms with E-state index in [1.54, 1.807) is 13.0 Å². The van der Waals surface area contributed by atoms with Crippen LogP contribution in [0.4, 0.5) is 0 Å². The Balaban J connectivity index is 2.04. The number of nitrogens with one attached hydrogen (secondary N) is 1. The fraction of sp³-hybridized carbons (Fsp3) is 0.375. The third-order valence-corrected chi connectivity index (χ3v) is 6.24. The lowest BCUT2D eigenvalue weighted by atomic mass is 10.1. The summed E-state index contributed by atoms with van der Waals surface area (Å²) < 4.78 is 27.4. The van der Waals surface area contributed by atoms with Crippen molar-refractivity contribution in [1.82, 2.24) is 4.72 Å². The molecular formula is C16H21NO3S2. The van der Waals surface area contributed by atoms with Gasteiger partial charge >= 0.3 is 0 Å². The summed E-state index contributed by atoms with van der Waals surface area (Å²) in [6, 6.07) is 7.29. The Bertz CT molecular complexity index is 737. The van der Waals surface area contributed by atoms with Gasteiger partial charge in [0.05, 0.1) is 11.0 Å². The van der Waals surface area contributed by atoms with E-state index in [1.807, 2.05) is 37.4 Å². The molecule has 1 aromatic carbocycles. The van der Waals surface area contributed by atoms with Gasteiger partial charge in [0.1, 0.15) is 0 Å². The summed E-state index contributed by atoms with van der Waals surface area (Å²) in [6.07, 6.45) is -0.285. The number of aliphatic hydroxyl groups excluding tert-OH is 1. The van der Waals surface area contributed by atoms with E-state index in [4.69, 9.17) is 0 Å². The van der Waals surface area contributed by atoms with Crippen molar-refractivity contribution in [2.24, 2.45) is 0 Å². The Labute approximate surface area is 135 Å². The molecule has 0 amide bonds. The largest absolute Gasteiger partial charge is 0.388 e. The molecule has 4 nitrogen and oxygen atoms in total. The highest BCUT2D eigenvalue weighted by molar-refractivity contribution is 7.89. The van der Waals surface area contributed by atoms with Crippen LogP contribution in [-0.4, -0.2) is 20.1 Å². The van der Waals surface area contributed by atoms with Gasteiger partial charge in [-0.3, -0.25) is 0 Å². The molecule has 1 atom stereocenters. The molecule has 0 unspecified atom stereocenters. The van der Waals surface area contributed by atoms with E-state index in [0.29, 0.717) is 11.3 Å². The maximum Gasteiger partial charge on any atom is 0.240 e. The Morgan fingerprint density at radius 3 is 2.50 bits per heavy atom. The lowest BCUT2D eigenvalue weighted by molar-refractivity contribution is 0.173. The summed E-state index contributed by atoms with van der Waals surface area (Å²) in [7, 11) is -3.55. The molecular weight excluding hydrogens is 318 g/mol. The zero-order valence-corrected chi connectivity index (χ0v) is 14.6. The molecule has 22 heavy (non-hydrogen) atoms. The van der Waals surface area contributed by atoms with Crippen LogP contribution in [-0.2, 0) is 10.0 Å². The van der Waals surface area contributed by atoms with E-state index in [9.17, 15) is 13.5 Å². The van der Waals surface area contributed by atoms with Crippen molar-refractivity contribution < 1.29 is 13.5 Å². The molecule has 6 heteroatoms. The Morgan fingerprint density at radius 2 is 1.86 bits per heavy atom. The molecule has 1 heterocycles. The zero-order valence-electron chi connectivity index (χ0n) is 13.0. The Hall–Kier alpha value is -1.21. The summed E-state index contributed by atoms with van der Waals surface area (Å²) in [5.41, 5.74) is 2.75. The van der Waals surface area contributed by atoms with Crippen molar-refractivity contribution >= 4 is 21.4 Å². The molecule has 2 rings (SSSR count). The Kier molecular flexibility index (Phi) is 5.39. The number of aryl methyl sites for hydroxylation is 3. The molecule has 0 fully saturated rings. The topological polar surface area (TPSA) is 66.4 Å². The van der Waals surface area contributed by atoms with Crippen LogP contribution in [0.3, 0.4) is 0 Å². The van der Waals surface area contributed by atoms with Gasteiger partial charge in [0, 0.05) is 11.4 Å². The van der Waals surface area contributed by atoms with Gasteiger partial charge in [-0.2, -0.15) is 0 Å². The average Bonchev–Trinajstić information content (AvgIpc) is 2.96. The van der Waals surface area contributed by atoms with E-state index in [-0.39, 0.29) is 6.54 Å². The summed E-state index contributed by atoms with van der Waals surface area (Å²) in [5.74, 6) is 0. The van der Waals surface area contributed by atoms with Crippen LogP contribution in [0.5, 0.6) is 0 Å². The first-order valence-corrected chi connectivity index (χ1v) is 9.46. The van der Waals surface area contributed by atoms with E-state index < -0.39 is 16.1 Å². The van der Waals surface area contributed by atoms with Crippen molar-refractivity contribution in [1.29, 1.82) is 0 Å². The van der Waals surface area contributed by atoms with Crippen molar-refractivity contribution in [3.8, 4) is 0 Å². The molecule has 2 aromatic rings. The minimum Gasteiger partial charge on any atom is -0.388 e. The SMILES string of the molecule is Cc1cc(C)c(S(=O)(=O)NCC[C@H](O)c2cccs2)cc1C. The van der Waals surface area contributed by atoms with Gasteiger partial charge in [-0.05, 0) is 61.4 Å². The number of rotatable bonds is 6. The highest BCUT2D eigenvalue weighted by atomic mass is 32.2. The summed E-state index contributed by atoms with van der Waals surface area (Å²) in [4.78, 5) is 1.16. The number of hydrogen-bond donors (Lipinski definition) is 2. The molecule has 0 aliphatic rings. The molecule has 0 bridgehead atoms. The lowest BCUT2D eigenvalue weighted by Gasteiger charge is -2.13. The normalized spacial score (nSPS) is 13.3. The van der Waals surface area contributed by atoms with Gasteiger partial charge in [0.15, 0.2) is 0 Å². The van der Waals surface area contributed by atoms with Gasteiger partial charge in [0.2, 0.25) is 10.0 Å². The predicted molar refractivity (Wildman–Crippen MR) is 89.7 cm³/mol. The van der Waals surface area contributed by atoms with Crippen LogP contribution in [0.25, 0.3) is 0 Å². The van der Waals surface area contributed by atoms with Crippen LogP contribution >= 0.6 is 11.3 Å². The van der Waals surface area contributed by atoms with E-state index in [0.717, 1.165) is 21.6 Å². The second-order valence-corrected chi connectivity index (χ2v) is 8.13. The van der Waals surface area contributed by atoms with E-state index >= 15 is 0 Å². The van der Waals surface area contributed by atoms with Crippen LogP contribution in [0.15, 0.2) is 34.5 Å². The molecule has 120 valence electrons. The van der Waals surface area contributed by atoms with Crippen molar-refractivity contribution in [3.63, 3.8) is 0 Å². The molecule has 0 aliphatic heterocycles. The highest BCUT2D eigenvalue weighted by Crippen LogP contribution is 2.22. The van der Waals surface area contributed by atoms with Crippen LogP contribution < -0.4 is 4.72 Å². The summed E-state index contributed by atoms with van der Waals surface area (Å²) in [6.45, 7) is 5.85. The smallest absolute Gasteiger partial charge is 0.240 e. The van der Waals surface area contributed by atoms with Gasteiger partial charge < -0.3 is 5.11 Å². The molecule has 0 saturated heterocycles. The molecule has 0 radical (unpaired) electrons. The first-order valence-electron chi connectivity index (χ1n) is 7.10. The molecule has 0 saturated carbocycles. The van der Waals surface area contributed by atoms with Crippen molar-refractivity contribution in [3.05, 3.63) is 51.2 Å². The van der Waals surface area contributed by atoms with Crippen LogP contribution in [0.2, 0.25) is 0 Å². The first kappa shape index (κ1) is 17.1. The third kappa shape index (κ3) is 3.95. The average molecular weight is 339 g/mol. The minimum absolute atomic E-state index is 0.202. The molecule has 0 spiro atoms. The van der Waals surface area contributed by atoms with Gasteiger partial charge in [-0.15, -0.1) is 11.3 Å². The fourth-order valence-electron chi connectivity index (χ4n) is 2.25. The maximum absolute atomic E-state index is 12.4. The number of hydrogen-bond acceptors (Lipinski definition) is 4. The van der Waals surface area contributed by atoms with E-state index in [2.05, 4.69) is 4.72 Å². The number of aliphatic hydroxyl groups is 1. The third-order valence-electron chi connectivity index (χ3n) is 3.66.